The number of fused-ring (bicyclic) bond motifs is 1. The zero-order valence-electron chi connectivity index (χ0n) is 11.8. The van der Waals surface area contributed by atoms with Gasteiger partial charge in [0.1, 0.15) is 5.56 Å². The lowest BCUT2D eigenvalue weighted by Crippen LogP contribution is -2.24. The molecule has 1 saturated carbocycles. The first-order valence-electron chi connectivity index (χ1n) is 7.08. The molecule has 3 rings (SSSR count). The molecule has 0 bridgehead atoms. The number of carbonyl (C=O) groups is 1. The number of nitrogens with zero attached hydrogens (tertiary/aromatic N) is 2. The lowest BCUT2D eigenvalue weighted by atomic mass is 10.1. The zero-order chi connectivity index (χ0) is 15.0. The maximum Gasteiger partial charge on any atom is 0.343 e. The van der Waals surface area contributed by atoms with Crippen LogP contribution in [-0.2, 0) is 11.2 Å². The Morgan fingerprint density at radius 3 is 2.95 bits per heavy atom. The van der Waals surface area contributed by atoms with Crippen LogP contribution >= 0.6 is 0 Å². The molecule has 0 radical (unpaired) electrons. The maximum atomic E-state index is 12.5. The minimum atomic E-state index is -0.500. The first kappa shape index (κ1) is 13.8. The van der Waals surface area contributed by atoms with Crippen molar-refractivity contribution in [3.05, 3.63) is 33.4 Å². The topological polar surface area (TPSA) is 96.7 Å². The van der Waals surface area contributed by atoms with E-state index < -0.39 is 5.97 Å². The summed E-state index contributed by atoms with van der Waals surface area (Å²) in [7, 11) is 0. The molecule has 1 fully saturated rings. The summed E-state index contributed by atoms with van der Waals surface area (Å²) in [5.41, 5.74) is 1.52. The van der Waals surface area contributed by atoms with E-state index in [2.05, 4.69) is 10.1 Å². The molecule has 2 aromatic heterocycles. The van der Waals surface area contributed by atoms with Crippen LogP contribution in [0.5, 0.6) is 0 Å². The van der Waals surface area contributed by atoms with Gasteiger partial charge in [0.15, 0.2) is 5.65 Å². The van der Waals surface area contributed by atoms with Crippen LogP contribution < -0.4 is 5.56 Å². The number of hydrogen-bond acceptors (Lipinski definition) is 5. The van der Waals surface area contributed by atoms with Gasteiger partial charge in [0.05, 0.1) is 12.3 Å². The van der Waals surface area contributed by atoms with Crippen LogP contribution in [0.25, 0.3) is 5.65 Å². The highest BCUT2D eigenvalue weighted by Gasteiger charge is 2.30. The number of ether oxygens (including phenoxy) is 1. The summed E-state index contributed by atoms with van der Waals surface area (Å²) in [6.07, 6.45) is 3.68. The van der Waals surface area contributed by atoms with E-state index in [1.807, 2.05) is 0 Å². The summed E-state index contributed by atoms with van der Waals surface area (Å²) in [4.78, 5) is 28.9. The Balaban J connectivity index is 2.19. The van der Waals surface area contributed by atoms with Crippen LogP contribution in [0.15, 0.2) is 11.0 Å². The smallest absolute Gasteiger partial charge is 0.343 e. The van der Waals surface area contributed by atoms with Gasteiger partial charge in [-0.25, -0.2) is 14.3 Å². The van der Waals surface area contributed by atoms with Gasteiger partial charge in [0.2, 0.25) is 0 Å². The zero-order valence-corrected chi connectivity index (χ0v) is 11.8. The SMILES string of the molecule is CCOC(=O)c1c[nH]n2c(=O)c(CCO)c(C3CC3)nc12. The van der Waals surface area contributed by atoms with Crippen LogP contribution in [0.2, 0.25) is 0 Å². The molecule has 2 heterocycles. The Bertz CT molecular complexity index is 742. The fourth-order valence-corrected chi connectivity index (χ4v) is 2.47. The van der Waals surface area contributed by atoms with Gasteiger partial charge < -0.3 is 9.84 Å². The third-order valence-corrected chi connectivity index (χ3v) is 3.61. The van der Waals surface area contributed by atoms with E-state index in [0.29, 0.717) is 16.9 Å². The van der Waals surface area contributed by atoms with Gasteiger partial charge in [-0.05, 0) is 19.8 Å². The van der Waals surface area contributed by atoms with E-state index in [4.69, 9.17) is 9.84 Å². The first-order chi connectivity index (χ1) is 10.2. The largest absolute Gasteiger partial charge is 0.462 e. The van der Waals surface area contributed by atoms with Crippen molar-refractivity contribution in [3.63, 3.8) is 0 Å². The average molecular weight is 291 g/mol. The summed E-state index contributed by atoms with van der Waals surface area (Å²) in [6.45, 7) is 1.88. The van der Waals surface area contributed by atoms with Gasteiger partial charge in [-0.1, -0.05) is 0 Å². The fourth-order valence-electron chi connectivity index (χ4n) is 2.47. The molecule has 0 saturated heterocycles. The van der Waals surface area contributed by atoms with E-state index in [-0.39, 0.29) is 36.7 Å². The number of nitrogens with one attached hydrogen (secondary N) is 1. The number of aliphatic hydroxyl groups excluding tert-OH is 1. The van der Waals surface area contributed by atoms with Gasteiger partial charge in [-0.2, -0.15) is 0 Å². The van der Waals surface area contributed by atoms with Gasteiger partial charge in [-0.3, -0.25) is 9.89 Å². The normalized spacial score (nSPS) is 14.6. The third kappa shape index (κ3) is 2.33. The monoisotopic (exact) mass is 291 g/mol. The lowest BCUT2D eigenvalue weighted by Gasteiger charge is -2.07. The van der Waals surface area contributed by atoms with Crippen molar-refractivity contribution in [1.82, 2.24) is 14.6 Å². The number of aromatic amines is 1. The van der Waals surface area contributed by atoms with Gasteiger partial charge >= 0.3 is 5.97 Å². The summed E-state index contributed by atoms with van der Waals surface area (Å²) in [6, 6.07) is 0. The molecule has 112 valence electrons. The molecule has 1 aliphatic carbocycles. The van der Waals surface area contributed by atoms with Crippen LogP contribution in [0.1, 0.15) is 47.3 Å². The minimum absolute atomic E-state index is 0.103. The van der Waals surface area contributed by atoms with Gasteiger partial charge in [0, 0.05) is 30.7 Å². The quantitative estimate of drug-likeness (QED) is 0.787. The number of esters is 1. The molecule has 0 amide bonds. The lowest BCUT2D eigenvalue weighted by molar-refractivity contribution is 0.0528. The van der Waals surface area contributed by atoms with Crippen LogP contribution in [0.3, 0.4) is 0 Å². The summed E-state index contributed by atoms with van der Waals surface area (Å²) >= 11 is 0. The van der Waals surface area contributed by atoms with Gasteiger partial charge in [-0.15, -0.1) is 0 Å². The number of aliphatic hydroxyl groups is 1. The molecule has 2 N–H and O–H groups in total. The molecule has 0 atom stereocenters. The van der Waals surface area contributed by atoms with Crippen molar-refractivity contribution >= 4 is 11.6 Å². The molecule has 0 unspecified atom stereocenters. The Morgan fingerprint density at radius 2 is 2.33 bits per heavy atom. The third-order valence-electron chi connectivity index (χ3n) is 3.61. The second-order valence-corrected chi connectivity index (χ2v) is 5.10. The number of H-pyrrole nitrogens is 1. The summed E-state index contributed by atoms with van der Waals surface area (Å²) in [5.74, 6) is -0.242. The van der Waals surface area contributed by atoms with E-state index in [1.54, 1.807) is 6.92 Å². The van der Waals surface area contributed by atoms with Crippen molar-refractivity contribution in [2.24, 2.45) is 0 Å². The summed E-state index contributed by atoms with van der Waals surface area (Å²) in [5, 5.41) is 11.9. The van der Waals surface area contributed by atoms with E-state index >= 15 is 0 Å². The van der Waals surface area contributed by atoms with Crippen LogP contribution in [0.4, 0.5) is 0 Å². The van der Waals surface area contributed by atoms with E-state index in [1.165, 1.54) is 10.7 Å². The van der Waals surface area contributed by atoms with Crippen molar-refractivity contribution in [2.75, 3.05) is 13.2 Å². The molecular weight excluding hydrogens is 274 g/mol. The number of carbonyl (C=O) groups excluding carboxylic acids is 1. The first-order valence-corrected chi connectivity index (χ1v) is 7.08. The molecule has 1 aliphatic rings. The maximum absolute atomic E-state index is 12.5. The fraction of sp³-hybridized carbons (Fsp3) is 0.500. The van der Waals surface area contributed by atoms with E-state index in [9.17, 15) is 9.59 Å². The van der Waals surface area contributed by atoms with Gasteiger partial charge in [0.25, 0.3) is 5.56 Å². The Kier molecular flexibility index (Phi) is 3.50. The Morgan fingerprint density at radius 1 is 1.57 bits per heavy atom. The van der Waals surface area contributed by atoms with Crippen molar-refractivity contribution in [2.45, 2.75) is 32.1 Å². The molecule has 0 aliphatic heterocycles. The Hall–Kier alpha value is -2.15. The molecule has 7 nitrogen and oxygen atoms in total. The molecule has 2 aromatic rings. The predicted octanol–water partition coefficient (Wildman–Crippen LogP) is 0.611. The molecule has 7 heteroatoms. The predicted molar refractivity (Wildman–Crippen MR) is 74.5 cm³/mol. The minimum Gasteiger partial charge on any atom is -0.462 e. The molecular formula is C14H17N3O4. The molecule has 0 spiro atoms. The number of aromatic nitrogens is 3. The van der Waals surface area contributed by atoms with Crippen molar-refractivity contribution in [1.29, 1.82) is 0 Å². The van der Waals surface area contributed by atoms with Crippen molar-refractivity contribution < 1.29 is 14.6 Å². The molecule has 21 heavy (non-hydrogen) atoms. The van der Waals surface area contributed by atoms with E-state index in [0.717, 1.165) is 12.8 Å². The highest BCUT2D eigenvalue weighted by molar-refractivity contribution is 5.95. The molecule has 0 aromatic carbocycles. The Labute approximate surface area is 120 Å². The number of hydrogen-bond donors (Lipinski definition) is 2. The number of rotatable bonds is 5. The average Bonchev–Trinajstić information content (AvgIpc) is 3.21. The highest BCUT2D eigenvalue weighted by atomic mass is 16.5. The second kappa shape index (κ2) is 5.33. The standard InChI is InChI=1S/C14H17N3O4/c1-2-21-14(20)10-7-15-17-12(10)16-11(8-3-4-8)9(5-6-18)13(17)19/h7-8,15,18H,2-6H2,1H3. The highest BCUT2D eigenvalue weighted by Crippen LogP contribution is 2.40. The van der Waals surface area contributed by atoms with Crippen molar-refractivity contribution in [3.8, 4) is 0 Å². The van der Waals surface area contributed by atoms with Crippen LogP contribution in [-0.4, -0.2) is 38.9 Å². The summed E-state index contributed by atoms with van der Waals surface area (Å²) < 4.78 is 6.21. The second-order valence-electron chi connectivity index (χ2n) is 5.10. The van der Waals surface area contributed by atoms with Crippen LogP contribution in [0, 0.1) is 0 Å².